The SMILES string of the molecule is CC(C)NC(=O)c1ccccc1NC(=O)c1cc(S(=O)(=O)N2CCCC2)ccc1Cl. The number of nitrogens with one attached hydrogen (secondary N) is 2. The van der Waals surface area contributed by atoms with Gasteiger partial charge in [0.25, 0.3) is 11.8 Å². The number of nitrogens with zero attached hydrogens (tertiary/aromatic N) is 1. The Morgan fingerprint density at radius 2 is 1.67 bits per heavy atom. The van der Waals surface area contributed by atoms with E-state index in [-0.39, 0.29) is 27.4 Å². The Bertz CT molecular complexity index is 1060. The molecular formula is C21H24ClN3O4S. The molecule has 7 nitrogen and oxygen atoms in total. The van der Waals surface area contributed by atoms with Crippen LogP contribution >= 0.6 is 11.6 Å². The lowest BCUT2D eigenvalue weighted by molar-refractivity contribution is 0.0944. The van der Waals surface area contributed by atoms with E-state index in [0.717, 1.165) is 12.8 Å². The molecule has 0 radical (unpaired) electrons. The summed E-state index contributed by atoms with van der Waals surface area (Å²) < 4.78 is 27.1. The highest BCUT2D eigenvalue weighted by Crippen LogP contribution is 2.26. The van der Waals surface area contributed by atoms with Gasteiger partial charge in [-0.25, -0.2) is 8.42 Å². The first-order chi connectivity index (χ1) is 14.2. The van der Waals surface area contributed by atoms with Crippen molar-refractivity contribution in [1.29, 1.82) is 0 Å². The lowest BCUT2D eigenvalue weighted by Gasteiger charge is -2.17. The van der Waals surface area contributed by atoms with E-state index in [1.165, 1.54) is 22.5 Å². The number of hydrogen-bond donors (Lipinski definition) is 2. The zero-order valence-electron chi connectivity index (χ0n) is 16.8. The third kappa shape index (κ3) is 4.83. The van der Waals surface area contributed by atoms with Gasteiger partial charge in [-0.2, -0.15) is 4.31 Å². The molecule has 0 atom stereocenters. The highest BCUT2D eigenvalue weighted by Gasteiger charge is 2.28. The summed E-state index contributed by atoms with van der Waals surface area (Å²) in [6, 6.07) is 10.6. The van der Waals surface area contributed by atoms with Crippen LogP contribution in [0.3, 0.4) is 0 Å². The van der Waals surface area contributed by atoms with Gasteiger partial charge < -0.3 is 10.6 Å². The van der Waals surface area contributed by atoms with E-state index in [1.54, 1.807) is 24.3 Å². The quantitative estimate of drug-likeness (QED) is 0.705. The number of amides is 2. The lowest BCUT2D eigenvalue weighted by Crippen LogP contribution is -2.31. The topological polar surface area (TPSA) is 95.6 Å². The van der Waals surface area contributed by atoms with E-state index in [2.05, 4.69) is 10.6 Å². The summed E-state index contributed by atoms with van der Waals surface area (Å²) in [6.45, 7) is 4.60. The predicted octanol–water partition coefficient (Wildman–Crippen LogP) is 3.52. The van der Waals surface area contributed by atoms with Crippen molar-refractivity contribution >= 4 is 39.1 Å². The largest absolute Gasteiger partial charge is 0.350 e. The fourth-order valence-corrected chi connectivity index (χ4v) is 4.98. The van der Waals surface area contributed by atoms with Crippen molar-refractivity contribution in [1.82, 2.24) is 9.62 Å². The summed E-state index contributed by atoms with van der Waals surface area (Å²) in [5, 5.41) is 5.58. The summed E-state index contributed by atoms with van der Waals surface area (Å²) in [5.41, 5.74) is 0.636. The molecule has 2 N–H and O–H groups in total. The molecule has 0 unspecified atom stereocenters. The zero-order chi connectivity index (χ0) is 21.9. The molecule has 2 aromatic carbocycles. The summed E-state index contributed by atoms with van der Waals surface area (Å²) in [6.07, 6.45) is 1.63. The summed E-state index contributed by atoms with van der Waals surface area (Å²) >= 11 is 6.19. The number of benzene rings is 2. The van der Waals surface area contributed by atoms with E-state index in [4.69, 9.17) is 11.6 Å². The first-order valence-corrected chi connectivity index (χ1v) is 11.5. The Labute approximate surface area is 181 Å². The minimum Gasteiger partial charge on any atom is -0.350 e. The average Bonchev–Trinajstić information content (AvgIpc) is 3.23. The van der Waals surface area contributed by atoms with Gasteiger partial charge in [0.15, 0.2) is 0 Å². The second-order valence-corrected chi connectivity index (χ2v) is 9.73. The van der Waals surface area contributed by atoms with Crippen LogP contribution in [0, 0.1) is 0 Å². The molecule has 2 amide bonds. The van der Waals surface area contributed by atoms with Crippen molar-refractivity contribution in [2.75, 3.05) is 18.4 Å². The monoisotopic (exact) mass is 449 g/mol. The van der Waals surface area contributed by atoms with Crippen LogP contribution in [-0.2, 0) is 10.0 Å². The molecule has 1 aliphatic heterocycles. The predicted molar refractivity (Wildman–Crippen MR) is 116 cm³/mol. The first-order valence-electron chi connectivity index (χ1n) is 9.71. The van der Waals surface area contributed by atoms with E-state index < -0.39 is 15.9 Å². The van der Waals surface area contributed by atoms with Crippen molar-refractivity contribution in [3.05, 3.63) is 58.6 Å². The Hall–Kier alpha value is -2.42. The number of halogens is 1. The minimum atomic E-state index is -3.69. The maximum absolute atomic E-state index is 12.9. The Kier molecular flexibility index (Phi) is 6.80. The van der Waals surface area contributed by atoms with E-state index in [1.807, 2.05) is 13.8 Å². The number of carbonyl (C=O) groups excluding carboxylic acids is 2. The molecule has 9 heteroatoms. The summed E-state index contributed by atoms with van der Waals surface area (Å²) in [5.74, 6) is -0.916. The van der Waals surface area contributed by atoms with Crippen LogP contribution < -0.4 is 10.6 Å². The number of sulfonamides is 1. The zero-order valence-corrected chi connectivity index (χ0v) is 18.4. The number of carbonyl (C=O) groups is 2. The van der Waals surface area contributed by atoms with Crippen LogP contribution in [0.5, 0.6) is 0 Å². The van der Waals surface area contributed by atoms with Gasteiger partial charge in [-0.3, -0.25) is 9.59 Å². The normalized spacial score (nSPS) is 14.7. The summed E-state index contributed by atoms with van der Waals surface area (Å²) in [4.78, 5) is 25.3. The molecular weight excluding hydrogens is 426 g/mol. The lowest BCUT2D eigenvalue weighted by atomic mass is 10.1. The van der Waals surface area contributed by atoms with Gasteiger partial charge in [0.1, 0.15) is 0 Å². The van der Waals surface area contributed by atoms with Gasteiger partial charge >= 0.3 is 0 Å². The fourth-order valence-electron chi connectivity index (χ4n) is 3.24. The first kappa shape index (κ1) is 22.3. The molecule has 30 heavy (non-hydrogen) atoms. The van der Waals surface area contributed by atoms with Gasteiger partial charge in [-0.15, -0.1) is 0 Å². The number of rotatable bonds is 6. The third-order valence-corrected chi connectivity index (χ3v) is 6.95. The van der Waals surface area contributed by atoms with Crippen LogP contribution in [0.25, 0.3) is 0 Å². The van der Waals surface area contributed by atoms with Crippen molar-refractivity contribution in [2.24, 2.45) is 0 Å². The molecule has 3 rings (SSSR count). The molecule has 0 aromatic heterocycles. The van der Waals surface area contributed by atoms with Gasteiger partial charge in [-0.05, 0) is 57.0 Å². The van der Waals surface area contributed by atoms with Gasteiger partial charge in [0, 0.05) is 19.1 Å². The Morgan fingerprint density at radius 3 is 2.33 bits per heavy atom. The number of anilines is 1. The van der Waals surface area contributed by atoms with E-state index in [0.29, 0.717) is 24.3 Å². The fraction of sp³-hybridized carbons (Fsp3) is 0.333. The van der Waals surface area contributed by atoms with Crippen LogP contribution in [0.4, 0.5) is 5.69 Å². The molecule has 160 valence electrons. The van der Waals surface area contributed by atoms with Crippen LogP contribution in [-0.4, -0.2) is 43.7 Å². The second-order valence-electron chi connectivity index (χ2n) is 7.38. The van der Waals surface area contributed by atoms with Crippen LogP contribution in [0.15, 0.2) is 47.4 Å². The average molecular weight is 450 g/mol. The van der Waals surface area contributed by atoms with Crippen molar-refractivity contribution in [2.45, 2.75) is 37.6 Å². The number of para-hydroxylation sites is 1. The molecule has 0 spiro atoms. The molecule has 0 saturated carbocycles. The highest BCUT2D eigenvalue weighted by molar-refractivity contribution is 7.89. The third-order valence-electron chi connectivity index (χ3n) is 4.72. The minimum absolute atomic E-state index is 0.0183. The molecule has 0 aliphatic carbocycles. The number of hydrogen-bond acceptors (Lipinski definition) is 4. The van der Waals surface area contributed by atoms with Crippen molar-refractivity contribution in [3.8, 4) is 0 Å². The van der Waals surface area contributed by atoms with E-state index in [9.17, 15) is 18.0 Å². The second kappa shape index (κ2) is 9.16. The van der Waals surface area contributed by atoms with Crippen LogP contribution in [0.2, 0.25) is 5.02 Å². The summed E-state index contributed by atoms with van der Waals surface area (Å²) in [7, 11) is -3.69. The maximum atomic E-state index is 12.9. The Balaban J connectivity index is 1.89. The van der Waals surface area contributed by atoms with Crippen LogP contribution in [0.1, 0.15) is 47.4 Å². The maximum Gasteiger partial charge on any atom is 0.257 e. The van der Waals surface area contributed by atoms with E-state index >= 15 is 0 Å². The highest BCUT2D eigenvalue weighted by atomic mass is 35.5. The molecule has 1 fully saturated rings. The standard InChI is InChI=1S/C21H24ClN3O4S/c1-14(2)23-20(26)16-7-3-4-8-19(16)24-21(27)17-13-15(9-10-18(17)22)30(28,29)25-11-5-6-12-25/h3-4,7-10,13-14H,5-6,11-12H2,1-2H3,(H,23,26)(H,24,27). The van der Waals surface area contributed by atoms with Crippen molar-refractivity contribution in [3.63, 3.8) is 0 Å². The van der Waals surface area contributed by atoms with Gasteiger partial charge in [0.05, 0.1) is 26.7 Å². The molecule has 1 saturated heterocycles. The Morgan fingerprint density at radius 1 is 1.00 bits per heavy atom. The molecule has 2 aromatic rings. The van der Waals surface area contributed by atoms with Crippen molar-refractivity contribution < 1.29 is 18.0 Å². The van der Waals surface area contributed by atoms with Gasteiger partial charge in [0.2, 0.25) is 10.0 Å². The molecule has 0 bridgehead atoms. The van der Waals surface area contributed by atoms with Gasteiger partial charge in [-0.1, -0.05) is 23.7 Å². The molecule has 1 heterocycles. The molecule has 1 aliphatic rings. The smallest absolute Gasteiger partial charge is 0.257 e.